The average Bonchev–Trinajstić information content (AvgIpc) is 3.33. The van der Waals surface area contributed by atoms with Gasteiger partial charge in [0.15, 0.2) is 5.78 Å². The number of ether oxygens (including phenoxy) is 1. The van der Waals surface area contributed by atoms with Crippen LogP contribution in [0, 0.1) is 0 Å². The van der Waals surface area contributed by atoms with Gasteiger partial charge in [-0.05, 0) is 71.8 Å². The van der Waals surface area contributed by atoms with Crippen LogP contribution in [0.4, 0.5) is 4.79 Å². The summed E-state index contributed by atoms with van der Waals surface area (Å²) in [5.41, 5.74) is 2.18. The molecule has 1 fully saturated rings. The maximum absolute atomic E-state index is 12.9. The van der Waals surface area contributed by atoms with Crippen molar-refractivity contribution in [1.82, 2.24) is 10.2 Å². The van der Waals surface area contributed by atoms with Gasteiger partial charge >= 0.3 is 6.03 Å². The van der Waals surface area contributed by atoms with E-state index in [1.165, 1.54) is 5.56 Å². The van der Waals surface area contributed by atoms with Gasteiger partial charge in [0.2, 0.25) is 0 Å². The first-order chi connectivity index (χ1) is 16.0. The summed E-state index contributed by atoms with van der Waals surface area (Å²) in [6.07, 6.45) is 3.67. The Hall–Kier alpha value is -3.05. The van der Waals surface area contributed by atoms with Crippen molar-refractivity contribution in [1.29, 1.82) is 0 Å². The Kier molecular flexibility index (Phi) is 7.50. The molecule has 6 heteroatoms. The monoisotopic (exact) mass is 464 g/mol. The van der Waals surface area contributed by atoms with E-state index in [-0.39, 0.29) is 17.9 Å². The van der Waals surface area contributed by atoms with Crippen LogP contribution in [0.25, 0.3) is 10.8 Å². The third-order valence-electron chi connectivity index (χ3n) is 6.30. The first kappa shape index (κ1) is 23.1. The van der Waals surface area contributed by atoms with Crippen molar-refractivity contribution in [2.75, 3.05) is 13.7 Å². The molecule has 0 spiro atoms. The zero-order valence-corrected chi connectivity index (χ0v) is 19.6. The zero-order chi connectivity index (χ0) is 23.2. The van der Waals surface area contributed by atoms with E-state index in [4.69, 9.17) is 16.3 Å². The maximum Gasteiger partial charge on any atom is 0.318 e. The second-order valence-corrected chi connectivity index (χ2v) is 8.90. The molecular formula is C27H29ClN2O3. The molecule has 1 atom stereocenters. The highest BCUT2D eigenvalue weighted by atomic mass is 35.5. The van der Waals surface area contributed by atoms with Crippen molar-refractivity contribution >= 4 is 34.2 Å². The molecule has 1 saturated heterocycles. The Bertz CT molecular complexity index is 1130. The Morgan fingerprint density at radius 1 is 1.12 bits per heavy atom. The Morgan fingerprint density at radius 3 is 2.73 bits per heavy atom. The lowest BCUT2D eigenvalue weighted by Crippen LogP contribution is -2.45. The van der Waals surface area contributed by atoms with Gasteiger partial charge in [-0.3, -0.25) is 4.79 Å². The number of benzene rings is 3. The lowest BCUT2D eigenvalue weighted by molar-refractivity contribution is -0.122. The minimum absolute atomic E-state index is 0.146. The molecule has 1 aliphatic heterocycles. The molecule has 0 aromatic heterocycles. The molecule has 1 aliphatic rings. The Labute approximate surface area is 199 Å². The van der Waals surface area contributed by atoms with E-state index in [1.807, 2.05) is 60.7 Å². The van der Waals surface area contributed by atoms with Crippen molar-refractivity contribution in [3.05, 3.63) is 76.8 Å². The topological polar surface area (TPSA) is 58.6 Å². The number of rotatable bonds is 8. The molecule has 33 heavy (non-hydrogen) atoms. The highest BCUT2D eigenvalue weighted by Crippen LogP contribution is 2.24. The standard InChI is InChI=1S/C27H29ClN2O3/c1-33-23-14-10-19(11-15-23)5-2-9-26(31)25-8-4-16-30(25)27(32)29-18-21-7-3-6-20-12-13-22(28)17-24(20)21/h3,6-7,10-15,17,25H,2,4-5,8-9,16,18H2,1H3,(H,29,32). The number of carbonyl (C=O) groups excluding carboxylic acids is 2. The van der Waals surface area contributed by atoms with E-state index in [0.29, 0.717) is 24.5 Å². The summed E-state index contributed by atoms with van der Waals surface area (Å²) in [6.45, 7) is 1.01. The smallest absolute Gasteiger partial charge is 0.318 e. The van der Waals surface area contributed by atoms with Crippen LogP contribution in [0.5, 0.6) is 5.75 Å². The van der Waals surface area contributed by atoms with Crippen molar-refractivity contribution in [2.24, 2.45) is 0 Å². The molecule has 4 rings (SSSR count). The zero-order valence-electron chi connectivity index (χ0n) is 18.9. The van der Waals surface area contributed by atoms with Crippen LogP contribution in [0.2, 0.25) is 5.02 Å². The number of hydrogen-bond donors (Lipinski definition) is 1. The SMILES string of the molecule is COc1ccc(CCCC(=O)C2CCCN2C(=O)NCc2cccc3ccc(Cl)cc23)cc1. The number of urea groups is 1. The fourth-order valence-electron chi connectivity index (χ4n) is 4.51. The van der Waals surface area contributed by atoms with Gasteiger partial charge < -0.3 is 15.0 Å². The number of fused-ring (bicyclic) bond motifs is 1. The second-order valence-electron chi connectivity index (χ2n) is 8.46. The second kappa shape index (κ2) is 10.7. The number of Topliss-reactive ketones (excluding diaryl/α,β-unsaturated/α-hetero) is 1. The van der Waals surface area contributed by atoms with Crippen LogP contribution < -0.4 is 10.1 Å². The predicted octanol–water partition coefficient (Wildman–Crippen LogP) is 5.77. The molecule has 0 aliphatic carbocycles. The normalized spacial score (nSPS) is 15.6. The quantitative estimate of drug-likeness (QED) is 0.460. The van der Waals surface area contributed by atoms with E-state index >= 15 is 0 Å². The largest absolute Gasteiger partial charge is 0.497 e. The van der Waals surface area contributed by atoms with Crippen molar-refractivity contribution < 1.29 is 14.3 Å². The molecule has 3 aromatic carbocycles. The fourth-order valence-corrected chi connectivity index (χ4v) is 4.68. The van der Waals surface area contributed by atoms with Gasteiger partial charge in [-0.2, -0.15) is 0 Å². The van der Waals surface area contributed by atoms with Crippen LogP contribution in [-0.2, 0) is 17.8 Å². The van der Waals surface area contributed by atoms with Crippen molar-refractivity contribution in [2.45, 2.75) is 44.7 Å². The first-order valence-electron chi connectivity index (χ1n) is 11.4. The van der Waals surface area contributed by atoms with Gasteiger partial charge in [0.05, 0.1) is 13.2 Å². The molecule has 2 amide bonds. The summed E-state index contributed by atoms with van der Waals surface area (Å²) in [5, 5.41) is 5.78. The van der Waals surface area contributed by atoms with Crippen LogP contribution in [0.1, 0.15) is 36.8 Å². The van der Waals surface area contributed by atoms with Gasteiger partial charge in [-0.15, -0.1) is 0 Å². The van der Waals surface area contributed by atoms with E-state index in [9.17, 15) is 9.59 Å². The fraction of sp³-hybridized carbons (Fsp3) is 0.333. The van der Waals surface area contributed by atoms with Crippen molar-refractivity contribution in [3.63, 3.8) is 0 Å². The molecule has 3 aromatic rings. The first-order valence-corrected chi connectivity index (χ1v) is 11.8. The molecule has 172 valence electrons. The summed E-state index contributed by atoms with van der Waals surface area (Å²) in [7, 11) is 1.65. The third kappa shape index (κ3) is 5.66. The molecule has 0 bridgehead atoms. The number of carbonyl (C=O) groups is 2. The number of likely N-dealkylation sites (tertiary alicyclic amines) is 1. The number of amides is 2. The van der Waals surface area contributed by atoms with Crippen LogP contribution in [0.3, 0.4) is 0 Å². The highest BCUT2D eigenvalue weighted by Gasteiger charge is 2.33. The number of methoxy groups -OCH3 is 1. The lowest BCUT2D eigenvalue weighted by Gasteiger charge is -2.24. The molecule has 0 radical (unpaired) electrons. The minimum atomic E-state index is -0.331. The number of halogens is 1. The van der Waals surface area contributed by atoms with Crippen LogP contribution >= 0.6 is 11.6 Å². The summed E-state index contributed by atoms with van der Waals surface area (Å²) in [6, 6.07) is 19.2. The van der Waals surface area contributed by atoms with E-state index in [1.54, 1.807) is 12.0 Å². The number of hydrogen-bond acceptors (Lipinski definition) is 3. The van der Waals surface area contributed by atoms with E-state index in [2.05, 4.69) is 5.32 Å². The average molecular weight is 465 g/mol. The summed E-state index contributed by atoms with van der Waals surface area (Å²) in [5.74, 6) is 0.974. The third-order valence-corrected chi connectivity index (χ3v) is 6.53. The molecule has 5 nitrogen and oxygen atoms in total. The Morgan fingerprint density at radius 2 is 1.94 bits per heavy atom. The number of nitrogens with one attached hydrogen (secondary N) is 1. The lowest BCUT2D eigenvalue weighted by atomic mass is 10.0. The van der Waals surface area contributed by atoms with Gasteiger partial charge in [0.25, 0.3) is 0 Å². The Balaban J connectivity index is 1.31. The van der Waals surface area contributed by atoms with Gasteiger partial charge in [0.1, 0.15) is 5.75 Å². The van der Waals surface area contributed by atoms with Gasteiger partial charge in [-0.1, -0.05) is 48.0 Å². The number of aryl methyl sites for hydroxylation is 1. The molecule has 0 saturated carbocycles. The van der Waals surface area contributed by atoms with E-state index < -0.39 is 0 Å². The maximum atomic E-state index is 12.9. The number of ketones is 1. The van der Waals surface area contributed by atoms with Gasteiger partial charge in [-0.25, -0.2) is 4.79 Å². The predicted molar refractivity (Wildman–Crippen MR) is 132 cm³/mol. The summed E-state index contributed by atoms with van der Waals surface area (Å²) < 4.78 is 5.18. The van der Waals surface area contributed by atoms with Gasteiger partial charge in [0, 0.05) is 24.5 Å². The molecule has 1 unspecified atom stereocenters. The molecule has 1 heterocycles. The van der Waals surface area contributed by atoms with E-state index in [0.717, 1.165) is 47.8 Å². The summed E-state index contributed by atoms with van der Waals surface area (Å²) in [4.78, 5) is 27.5. The molecular weight excluding hydrogens is 436 g/mol. The van der Waals surface area contributed by atoms with Crippen molar-refractivity contribution in [3.8, 4) is 5.75 Å². The highest BCUT2D eigenvalue weighted by molar-refractivity contribution is 6.31. The number of nitrogens with zero attached hydrogens (tertiary/aromatic N) is 1. The molecule has 1 N–H and O–H groups in total. The van der Waals surface area contributed by atoms with Crippen LogP contribution in [-0.4, -0.2) is 36.4 Å². The summed E-state index contributed by atoms with van der Waals surface area (Å²) >= 11 is 6.17. The minimum Gasteiger partial charge on any atom is -0.497 e. The van der Waals surface area contributed by atoms with Crippen LogP contribution in [0.15, 0.2) is 60.7 Å².